The number of aliphatic imine (C=N–C) groups is 1. The molecule has 2 fully saturated rings. The van der Waals surface area contributed by atoms with E-state index in [4.69, 9.17) is 4.74 Å². The van der Waals surface area contributed by atoms with Crippen molar-refractivity contribution >= 4 is 44.0 Å². The molecule has 2 aromatic rings. The van der Waals surface area contributed by atoms with Crippen molar-refractivity contribution in [2.75, 3.05) is 42.0 Å². The van der Waals surface area contributed by atoms with Crippen molar-refractivity contribution in [3.05, 3.63) is 54.6 Å². The molecule has 0 unspecified atom stereocenters. The van der Waals surface area contributed by atoms with E-state index in [0.717, 1.165) is 11.4 Å². The van der Waals surface area contributed by atoms with Crippen LogP contribution in [0.2, 0.25) is 0 Å². The fraction of sp³-hybridized carbons (Fsp3) is 0.333. The first-order chi connectivity index (χ1) is 14.3. The third-order valence-electron chi connectivity index (χ3n) is 5.04. The predicted octanol–water partition coefficient (Wildman–Crippen LogP) is 2.43. The van der Waals surface area contributed by atoms with Crippen LogP contribution in [0.4, 0.5) is 11.4 Å². The average molecular weight is 446 g/mol. The van der Waals surface area contributed by atoms with Crippen LogP contribution in [-0.2, 0) is 14.6 Å². The van der Waals surface area contributed by atoms with Gasteiger partial charge in [0, 0.05) is 30.7 Å². The highest BCUT2D eigenvalue weighted by atomic mass is 32.2. The Hall–Kier alpha value is -2.52. The number of thioether (sulfide) groups is 1. The minimum absolute atomic E-state index is 0.0633. The van der Waals surface area contributed by atoms with Gasteiger partial charge in [-0.15, -0.1) is 0 Å². The van der Waals surface area contributed by atoms with Crippen molar-refractivity contribution in [3.8, 4) is 5.75 Å². The van der Waals surface area contributed by atoms with Gasteiger partial charge in [0.15, 0.2) is 21.6 Å². The van der Waals surface area contributed by atoms with Crippen molar-refractivity contribution in [1.82, 2.24) is 0 Å². The molecular formula is C21H23N3O4S2. The molecule has 2 saturated heterocycles. The molecule has 158 valence electrons. The van der Waals surface area contributed by atoms with Crippen LogP contribution in [0.15, 0.2) is 59.6 Å². The zero-order valence-electron chi connectivity index (χ0n) is 16.8. The third kappa shape index (κ3) is 4.46. The lowest BCUT2D eigenvalue weighted by molar-refractivity contribution is -0.119. The van der Waals surface area contributed by atoms with Crippen molar-refractivity contribution < 1.29 is 17.9 Å². The Labute approximate surface area is 180 Å². The number of amides is 1. The van der Waals surface area contributed by atoms with Gasteiger partial charge in [0.25, 0.3) is 5.91 Å². The Bertz CT molecular complexity index is 1050. The lowest BCUT2D eigenvalue weighted by atomic mass is 10.2. The summed E-state index contributed by atoms with van der Waals surface area (Å²) in [7, 11) is 0.812. The van der Waals surface area contributed by atoms with Gasteiger partial charge in [-0.25, -0.2) is 8.42 Å². The maximum Gasteiger partial charge on any atom is 0.285 e. The van der Waals surface area contributed by atoms with Crippen LogP contribution in [0, 0.1) is 0 Å². The summed E-state index contributed by atoms with van der Waals surface area (Å²) in [5.41, 5.74) is 1.86. The molecule has 30 heavy (non-hydrogen) atoms. The number of nitrogens with zero attached hydrogens (tertiary/aromatic N) is 3. The zero-order valence-corrected chi connectivity index (χ0v) is 18.4. The molecule has 1 amide bonds. The molecule has 2 aromatic carbocycles. The van der Waals surface area contributed by atoms with Gasteiger partial charge >= 0.3 is 0 Å². The molecule has 4 rings (SSSR count). The molecule has 0 N–H and O–H groups in total. The molecular weight excluding hydrogens is 422 g/mol. The summed E-state index contributed by atoms with van der Waals surface area (Å²) in [6.45, 7) is -0.172. The van der Waals surface area contributed by atoms with Gasteiger partial charge in [0.2, 0.25) is 0 Å². The van der Waals surface area contributed by atoms with E-state index in [1.165, 1.54) is 11.8 Å². The molecule has 0 aliphatic carbocycles. The monoisotopic (exact) mass is 445 g/mol. The molecule has 2 atom stereocenters. The molecule has 7 nitrogen and oxygen atoms in total. The number of hydrogen-bond acceptors (Lipinski definition) is 6. The van der Waals surface area contributed by atoms with Crippen molar-refractivity contribution in [2.24, 2.45) is 4.99 Å². The Morgan fingerprint density at radius 1 is 1.13 bits per heavy atom. The van der Waals surface area contributed by atoms with E-state index in [0.29, 0.717) is 10.9 Å². The first kappa shape index (κ1) is 20.7. The summed E-state index contributed by atoms with van der Waals surface area (Å²) in [5.74, 6) is 0.360. The van der Waals surface area contributed by atoms with Crippen LogP contribution in [0.25, 0.3) is 0 Å². The van der Waals surface area contributed by atoms with Crippen molar-refractivity contribution in [2.45, 2.75) is 11.3 Å². The van der Waals surface area contributed by atoms with Gasteiger partial charge < -0.3 is 14.5 Å². The van der Waals surface area contributed by atoms with E-state index in [-0.39, 0.29) is 29.4 Å². The molecule has 0 bridgehead atoms. The van der Waals surface area contributed by atoms with Crippen LogP contribution >= 0.6 is 11.8 Å². The number of sulfone groups is 1. The van der Waals surface area contributed by atoms with E-state index in [9.17, 15) is 13.2 Å². The van der Waals surface area contributed by atoms with E-state index in [2.05, 4.69) is 4.99 Å². The number of anilines is 2. The summed E-state index contributed by atoms with van der Waals surface area (Å²) in [6, 6.07) is 16.7. The molecule has 0 spiro atoms. The number of ether oxygens (including phenoxy) is 1. The largest absolute Gasteiger partial charge is 0.484 e. The van der Waals surface area contributed by atoms with Gasteiger partial charge in [-0.1, -0.05) is 30.0 Å². The van der Waals surface area contributed by atoms with Crippen LogP contribution < -0.4 is 14.5 Å². The topological polar surface area (TPSA) is 79.3 Å². The number of hydrogen-bond donors (Lipinski definition) is 0. The molecule has 2 heterocycles. The lowest BCUT2D eigenvalue weighted by Gasteiger charge is -2.25. The second-order valence-electron chi connectivity index (χ2n) is 7.47. The van der Waals surface area contributed by atoms with Gasteiger partial charge in [0.05, 0.1) is 17.5 Å². The molecule has 0 radical (unpaired) electrons. The van der Waals surface area contributed by atoms with Crippen LogP contribution in [0.3, 0.4) is 0 Å². The normalized spacial score (nSPS) is 23.4. The highest BCUT2D eigenvalue weighted by molar-refractivity contribution is 8.16. The molecule has 2 aliphatic rings. The summed E-state index contributed by atoms with van der Waals surface area (Å²) in [5, 5.41) is 0.393. The van der Waals surface area contributed by atoms with Crippen LogP contribution in [0.5, 0.6) is 5.75 Å². The standard InChI is InChI=1S/C21H23N3O4S2/c1-23(2)15-8-10-16(11-9-15)24-18-13-30(26,27)14-19(18)29-21(24)22-20(25)12-28-17-6-4-3-5-7-17/h3-11,18-19H,12-14H2,1-2H3/t18-,19+/m1/s1. The van der Waals surface area contributed by atoms with Gasteiger partial charge in [-0.05, 0) is 36.4 Å². The quantitative estimate of drug-likeness (QED) is 0.699. The number of rotatable bonds is 5. The van der Waals surface area contributed by atoms with Crippen LogP contribution in [-0.4, -0.2) is 63.0 Å². The van der Waals surface area contributed by atoms with Crippen LogP contribution in [0.1, 0.15) is 0 Å². The lowest BCUT2D eigenvalue weighted by Crippen LogP contribution is -2.37. The fourth-order valence-corrected chi connectivity index (χ4v) is 7.51. The van der Waals surface area contributed by atoms with E-state index >= 15 is 0 Å². The van der Waals surface area contributed by atoms with Crippen molar-refractivity contribution in [3.63, 3.8) is 0 Å². The number of amidine groups is 1. The predicted molar refractivity (Wildman–Crippen MR) is 121 cm³/mol. The minimum atomic E-state index is -3.10. The number of benzene rings is 2. The highest BCUT2D eigenvalue weighted by Gasteiger charge is 2.49. The zero-order chi connectivity index (χ0) is 21.3. The number of carbonyl (C=O) groups excluding carboxylic acids is 1. The smallest absolute Gasteiger partial charge is 0.285 e. The maximum atomic E-state index is 12.5. The Morgan fingerprint density at radius 3 is 2.50 bits per heavy atom. The first-order valence-corrected chi connectivity index (χ1v) is 12.3. The third-order valence-corrected chi connectivity index (χ3v) is 8.25. The maximum absolute atomic E-state index is 12.5. The van der Waals surface area contributed by atoms with Gasteiger partial charge in [-0.2, -0.15) is 4.99 Å². The van der Waals surface area contributed by atoms with E-state index in [1.54, 1.807) is 12.1 Å². The van der Waals surface area contributed by atoms with Crippen molar-refractivity contribution in [1.29, 1.82) is 0 Å². The molecule has 0 aromatic heterocycles. The summed E-state index contributed by atoms with van der Waals surface area (Å²) >= 11 is 1.36. The average Bonchev–Trinajstić information content (AvgIpc) is 3.18. The number of carbonyl (C=O) groups is 1. The Kier molecular flexibility index (Phi) is 5.75. The summed E-state index contributed by atoms with van der Waals surface area (Å²) < 4.78 is 29.9. The molecule has 0 saturated carbocycles. The molecule has 9 heteroatoms. The van der Waals surface area contributed by atoms with E-state index < -0.39 is 15.7 Å². The second-order valence-corrected chi connectivity index (χ2v) is 10.8. The summed E-state index contributed by atoms with van der Waals surface area (Å²) in [4.78, 5) is 20.6. The Balaban J connectivity index is 1.57. The second kappa shape index (κ2) is 8.31. The highest BCUT2D eigenvalue weighted by Crippen LogP contribution is 2.41. The molecule has 2 aliphatic heterocycles. The Morgan fingerprint density at radius 2 is 1.83 bits per heavy atom. The van der Waals surface area contributed by atoms with Gasteiger partial charge in [0.1, 0.15) is 5.75 Å². The minimum Gasteiger partial charge on any atom is -0.484 e. The first-order valence-electron chi connectivity index (χ1n) is 9.55. The summed E-state index contributed by atoms with van der Waals surface area (Å²) in [6.07, 6.45) is 0. The number of fused-ring (bicyclic) bond motifs is 1. The SMILES string of the molecule is CN(C)c1ccc(N2C(=NC(=O)COc3ccccc3)S[C@H]3CS(=O)(=O)C[C@H]32)cc1. The number of para-hydroxylation sites is 1. The van der Waals surface area contributed by atoms with E-state index in [1.807, 2.05) is 66.4 Å². The van der Waals surface area contributed by atoms with Gasteiger partial charge in [-0.3, -0.25) is 4.79 Å². The fourth-order valence-electron chi connectivity index (χ4n) is 3.58.